The van der Waals surface area contributed by atoms with Crippen LogP contribution in [0.4, 0.5) is 0 Å². The zero-order valence-corrected chi connectivity index (χ0v) is 16.1. The standard InChI is InChI=1S/C20H23IO3/c1-14(2)20(19(23)16-10-6-7-11-17(16)21)24-18(22)13-12-15-8-4-3-5-9-15/h3-11,14,19-20,23H,12-13H2,1-2H3/t19-,20-/m0/s1. The van der Waals surface area contributed by atoms with Gasteiger partial charge in [-0.2, -0.15) is 0 Å². The summed E-state index contributed by atoms with van der Waals surface area (Å²) < 4.78 is 6.58. The first-order valence-electron chi connectivity index (χ1n) is 8.15. The number of esters is 1. The zero-order chi connectivity index (χ0) is 17.5. The van der Waals surface area contributed by atoms with Gasteiger partial charge < -0.3 is 9.84 Å². The van der Waals surface area contributed by atoms with Gasteiger partial charge in [-0.25, -0.2) is 0 Å². The lowest BCUT2D eigenvalue weighted by atomic mass is 9.96. The number of aryl methyl sites for hydroxylation is 1. The van der Waals surface area contributed by atoms with Gasteiger partial charge in [0.25, 0.3) is 0 Å². The summed E-state index contributed by atoms with van der Waals surface area (Å²) in [6, 6.07) is 17.5. The SMILES string of the molecule is CC(C)[C@H](OC(=O)CCc1ccccc1)[C@@H](O)c1ccccc1I. The molecule has 0 fully saturated rings. The van der Waals surface area contributed by atoms with Gasteiger partial charge in [-0.1, -0.05) is 62.4 Å². The second kappa shape index (κ2) is 9.18. The van der Waals surface area contributed by atoms with Crippen molar-refractivity contribution in [1.82, 2.24) is 0 Å². The first-order valence-corrected chi connectivity index (χ1v) is 9.23. The van der Waals surface area contributed by atoms with Crippen LogP contribution in [0, 0.1) is 9.49 Å². The molecule has 0 saturated heterocycles. The van der Waals surface area contributed by atoms with Crippen molar-refractivity contribution in [3.05, 3.63) is 69.3 Å². The maximum Gasteiger partial charge on any atom is 0.306 e. The molecule has 0 heterocycles. The van der Waals surface area contributed by atoms with Crippen LogP contribution in [0.2, 0.25) is 0 Å². The Labute approximate surface area is 157 Å². The van der Waals surface area contributed by atoms with E-state index in [9.17, 15) is 9.90 Å². The molecule has 0 radical (unpaired) electrons. The molecule has 2 aromatic rings. The average Bonchev–Trinajstić information content (AvgIpc) is 2.58. The zero-order valence-electron chi connectivity index (χ0n) is 14.0. The number of hydrogen-bond acceptors (Lipinski definition) is 3. The molecule has 2 aromatic carbocycles. The highest BCUT2D eigenvalue weighted by Gasteiger charge is 2.29. The fraction of sp³-hybridized carbons (Fsp3) is 0.350. The molecule has 4 heteroatoms. The first-order chi connectivity index (χ1) is 11.5. The minimum absolute atomic E-state index is 0.0247. The van der Waals surface area contributed by atoms with E-state index in [2.05, 4.69) is 22.6 Å². The van der Waals surface area contributed by atoms with E-state index in [1.54, 1.807) is 0 Å². The van der Waals surface area contributed by atoms with E-state index in [1.807, 2.05) is 68.4 Å². The summed E-state index contributed by atoms with van der Waals surface area (Å²) in [6.45, 7) is 3.91. The smallest absolute Gasteiger partial charge is 0.306 e. The summed E-state index contributed by atoms with van der Waals surface area (Å²) in [4.78, 5) is 12.2. The van der Waals surface area contributed by atoms with Gasteiger partial charge in [-0.3, -0.25) is 4.79 Å². The Morgan fingerprint density at radius 1 is 1.08 bits per heavy atom. The fourth-order valence-electron chi connectivity index (χ4n) is 2.56. The molecule has 128 valence electrons. The van der Waals surface area contributed by atoms with E-state index in [4.69, 9.17) is 4.74 Å². The van der Waals surface area contributed by atoms with Crippen LogP contribution < -0.4 is 0 Å². The molecule has 0 saturated carbocycles. The van der Waals surface area contributed by atoms with Crippen molar-refractivity contribution < 1.29 is 14.6 Å². The Bertz CT molecular complexity index is 655. The molecule has 24 heavy (non-hydrogen) atoms. The first kappa shape index (κ1) is 18.9. The molecular weight excluding hydrogens is 415 g/mol. The topological polar surface area (TPSA) is 46.5 Å². The molecule has 0 aliphatic heterocycles. The van der Waals surface area contributed by atoms with Crippen molar-refractivity contribution in [2.24, 2.45) is 5.92 Å². The lowest BCUT2D eigenvalue weighted by Gasteiger charge is -2.27. The lowest BCUT2D eigenvalue weighted by molar-refractivity contribution is -0.159. The Morgan fingerprint density at radius 3 is 2.33 bits per heavy atom. The van der Waals surface area contributed by atoms with Crippen LogP contribution in [0.15, 0.2) is 54.6 Å². The minimum Gasteiger partial charge on any atom is -0.459 e. The van der Waals surface area contributed by atoms with E-state index in [0.717, 1.165) is 14.7 Å². The minimum atomic E-state index is -0.821. The number of hydrogen-bond donors (Lipinski definition) is 1. The van der Waals surface area contributed by atoms with Crippen LogP contribution in [0.5, 0.6) is 0 Å². The third kappa shape index (κ3) is 5.31. The van der Waals surface area contributed by atoms with Crippen LogP contribution in [0.1, 0.15) is 37.5 Å². The van der Waals surface area contributed by atoms with Crippen molar-refractivity contribution in [2.75, 3.05) is 0 Å². The normalized spacial score (nSPS) is 13.5. The Balaban J connectivity index is 2.00. The van der Waals surface area contributed by atoms with E-state index in [0.29, 0.717) is 12.8 Å². The molecule has 2 rings (SSSR count). The molecule has 0 aliphatic carbocycles. The summed E-state index contributed by atoms with van der Waals surface area (Å²) in [7, 11) is 0. The molecule has 0 spiro atoms. The molecule has 3 nitrogen and oxygen atoms in total. The third-order valence-corrected chi connectivity index (χ3v) is 4.90. The lowest BCUT2D eigenvalue weighted by Crippen LogP contribution is -2.31. The van der Waals surface area contributed by atoms with Crippen LogP contribution in [0.3, 0.4) is 0 Å². The highest BCUT2D eigenvalue weighted by molar-refractivity contribution is 14.1. The summed E-state index contributed by atoms with van der Waals surface area (Å²) in [5, 5.41) is 10.7. The number of aliphatic hydroxyl groups is 1. The van der Waals surface area contributed by atoms with Crippen LogP contribution >= 0.6 is 22.6 Å². The molecule has 0 bridgehead atoms. The molecule has 0 unspecified atom stereocenters. The van der Waals surface area contributed by atoms with Crippen molar-refractivity contribution >= 4 is 28.6 Å². The molecule has 1 N–H and O–H groups in total. The van der Waals surface area contributed by atoms with Gasteiger partial charge in [-0.15, -0.1) is 0 Å². The van der Waals surface area contributed by atoms with Gasteiger partial charge in [0.05, 0.1) is 0 Å². The maximum absolute atomic E-state index is 12.2. The van der Waals surface area contributed by atoms with Gasteiger partial charge in [0.2, 0.25) is 0 Å². The van der Waals surface area contributed by atoms with E-state index in [-0.39, 0.29) is 11.9 Å². The van der Waals surface area contributed by atoms with Crippen molar-refractivity contribution in [2.45, 2.75) is 38.9 Å². The Hall–Kier alpha value is -1.40. The molecule has 0 aliphatic rings. The van der Waals surface area contributed by atoms with E-state index < -0.39 is 12.2 Å². The van der Waals surface area contributed by atoms with Crippen LogP contribution in [-0.2, 0) is 16.0 Å². The summed E-state index contributed by atoms with van der Waals surface area (Å²) >= 11 is 2.19. The Kier molecular flexibility index (Phi) is 7.24. The van der Waals surface area contributed by atoms with Crippen molar-refractivity contribution in [3.63, 3.8) is 0 Å². The average molecular weight is 438 g/mol. The Morgan fingerprint density at radius 2 is 1.71 bits per heavy atom. The molecular formula is C20H23IO3. The summed E-state index contributed by atoms with van der Waals surface area (Å²) in [5.74, 6) is -0.251. The third-order valence-electron chi connectivity index (χ3n) is 3.92. The summed E-state index contributed by atoms with van der Waals surface area (Å²) in [6.07, 6.45) is -0.419. The number of halogens is 1. The number of carbonyl (C=O) groups excluding carboxylic acids is 1. The number of carbonyl (C=O) groups is 1. The fourth-order valence-corrected chi connectivity index (χ4v) is 3.27. The number of rotatable bonds is 7. The van der Waals surface area contributed by atoms with Gasteiger partial charge >= 0.3 is 5.97 Å². The van der Waals surface area contributed by atoms with E-state index in [1.165, 1.54) is 0 Å². The quantitative estimate of drug-likeness (QED) is 0.511. The largest absolute Gasteiger partial charge is 0.459 e. The highest BCUT2D eigenvalue weighted by Crippen LogP contribution is 2.28. The van der Waals surface area contributed by atoms with E-state index >= 15 is 0 Å². The van der Waals surface area contributed by atoms with Gasteiger partial charge in [0, 0.05) is 9.99 Å². The molecule has 0 amide bonds. The van der Waals surface area contributed by atoms with Crippen LogP contribution in [0.25, 0.3) is 0 Å². The molecule has 0 aromatic heterocycles. The monoisotopic (exact) mass is 438 g/mol. The second-order valence-corrected chi connectivity index (χ2v) is 7.31. The number of aliphatic hydroxyl groups excluding tert-OH is 1. The number of benzene rings is 2. The van der Waals surface area contributed by atoms with Crippen LogP contribution in [-0.4, -0.2) is 17.2 Å². The van der Waals surface area contributed by atoms with Gasteiger partial charge in [0.1, 0.15) is 12.2 Å². The van der Waals surface area contributed by atoms with Gasteiger partial charge in [-0.05, 0) is 52.1 Å². The van der Waals surface area contributed by atoms with Crippen molar-refractivity contribution in [1.29, 1.82) is 0 Å². The molecule has 2 atom stereocenters. The predicted molar refractivity (Wildman–Crippen MR) is 104 cm³/mol. The van der Waals surface area contributed by atoms with Gasteiger partial charge in [0.15, 0.2) is 0 Å². The maximum atomic E-state index is 12.2. The second-order valence-electron chi connectivity index (χ2n) is 6.15. The predicted octanol–water partition coefficient (Wildman–Crippen LogP) is 4.53. The highest BCUT2D eigenvalue weighted by atomic mass is 127. The number of ether oxygens (including phenoxy) is 1. The summed E-state index contributed by atoms with van der Waals surface area (Å²) in [5.41, 5.74) is 1.90. The van der Waals surface area contributed by atoms with Crippen molar-refractivity contribution in [3.8, 4) is 0 Å².